The highest BCUT2D eigenvalue weighted by molar-refractivity contribution is 5.94. The third-order valence-corrected chi connectivity index (χ3v) is 2.58. The maximum absolute atomic E-state index is 5.40. The zero-order valence-electron chi connectivity index (χ0n) is 10.7. The van der Waals surface area contributed by atoms with E-state index >= 15 is 0 Å². The first-order valence-corrected chi connectivity index (χ1v) is 6.28. The topological polar surface area (TPSA) is 76.8 Å². The molecule has 0 aliphatic heterocycles. The van der Waals surface area contributed by atoms with E-state index in [1.165, 1.54) is 44.9 Å². The standard InChI is InChI=1S/C12H26N4/c1-3-4-5-6-7-8-9-10-11(2)15-12(13)16-14/h3-10,14H2,1-2H3,(H2,13,16). The van der Waals surface area contributed by atoms with Crippen molar-refractivity contribution in [2.24, 2.45) is 21.7 Å². The van der Waals surface area contributed by atoms with Crippen LogP contribution in [0.25, 0.3) is 0 Å². The molecular formula is C12H26N4. The van der Waals surface area contributed by atoms with Gasteiger partial charge in [0.2, 0.25) is 5.96 Å². The van der Waals surface area contributed by atoms with Gasteiger partial charge >= 0.3 is 0 Å². The normalized spacial score (nSPS) is 13.1. The minimum Gasteiger partial charge on any atom is -0.367 e. The van der Waals surface area contributed by atoms with Crippen LogP contribution in [0.2, 0.25) is 0 Å². The van der Waals surface area contributed by atoms with Crippen molar-refractivity contribution in [3.05, 3.63) is 0 Å². The first-order valence-electron chi connectivity index (χ1n) is 6.28. The molecule has 0 aromatic rings. The molecule has 0 aromatic carbocycles. The molecule has 0 heterocycles. The summed E-state index contributed by atoms with van der Waals surface area (Å²) in [4.78, 5) is 4.06. The van der Waals surface area contributed by atoms with Crippen LogP contribution >= 0.6 is 0 Å². The van der Waals surface area contributed by atoms with E-state index in [2.05, 4.69) is 17.0 Å². The Morgan fingerprint density at radius 2 is 1.56 bits per heavy atom. The number of unbranched alkanes of at least 4 members (excludes halogenated alkanes) is 6. The van der Waals surface area contributed by atoms with Gasteiger partial charge in [0, 0.05) is 5.71 Å². The zero-order chi connectivity index (χ0) is 12.2. The fourth-order valence-corrected chi connectivity index (χ4v) is 1.62. The van der Waals surface area contributed by atoms with Crippen LogP contribution in [-0.2, 0) is 0 Å². The van der Waals surface area contributed by atoms with E-state index in [1.54, 1.807) is 0 Å². The van der Waals surface area contributed by atoms with E-state index in [0.29, 0.717) is 0 Å². The Balaban J connectivity index is 3.41. The molecule has 0 aliphatic rings. The summed E-state index contributed by atoms with van der Waals surface area (Å²) in [6, 6.07) is 0. The highest BCUT2D eigenvalue weighted by atomic mass is 15.2. The van der Waals surface area contributed by atoms with Gasteiger partial charge < -0.3 is 11.6 Å². The van der Waals surface area contributed by atoms with Crippen molar-refractivity contribution in [2.75, 3.05) is 0 Å². The van der Waals surface area contributed by atoms with Crippen LogP contribution in [0.5, 0.6) is 0 Å². The second-order valence-electron chi connectivity index (χ2n) is 4.21. The summed E-state index contributed by atoms with van der Waals surface area (Å²) in [5.41, 5.74) is 6.41. The molecular weight excluding hydrogens is 200 g/mol. The summed E-state index contributed by atoms with van der Waals surface area (Å²) in [6.07, 6.45) is 10.2. The lowest BCUT2D eigenvalue weighted by atomic mass is 10.1. The second kappa shape index (κ2) is 10.5. The van der Waals surface area contributed by atoms with Crippen molar-refractivity contribution in [1.29, 1.82) is 0 Å². The van der Waals surface area contributed by atoms with Crippen molar-refractivity contribution >= 4 is 11.7 Å². The third-order valence-electron chi connectivity index (χ3n) is 2.58. The predicted molar refractivity (Wildman–Crippen MR) is 71.5 cm³/mol. The van der Waals surface area contributed by atoms with E-state index in [1.807, 2.05) is 6.92 Å². The van der Waals surface area contributed by atoms with Crippen LogP contribution < -0.4 is 11.6 Å². The van der Waals surface area contributed by atoms with Crippen LogP contribution in [0, 0.1) is 0 Å². The lowest BCUT2D eigenvalue weighted by molar-refractivity contribution is 0.595. The van der Waals surface area contributed by atoms with Crippen molar-refractivity contribution < 1.29 is 0 Å². The smallest absolute Gasteiger partial charge is 0.236 e. The Hall–Kier alpha value is -1.06. The summed E-state index contributed by atoms with van der Waals surface area (Å²) in [5, 5.41) is 3.31. The van der Waals surface area contributed by atoms with Crippen molar-refractivity contribution in [1.82, 2.24) is 0 Å². The maximum atomic E-state index is 5.40. The highest BCUT2D eigenvalue weighted by Crippen LogP contribution is 2.08. The van der Waals surface area contributed by atoms with Gasteiger partial charge in [-0.3, -0.25) is 0 Å². The second-order valence-corrected chi connectivity index (χ2v) is 4.21. The number of guanidine groups is 1. The predicted octanol–water partition coefficient (Wildman–Crippen LogP) is 2.78. The van der Waals surface area contributed by atoms with Gasteiger partial charge in [0.15, 0.2) is 0 Å². The molecule has 0 fully saturated rings. The summed E-state index contributed by atoms with van der Waals surface area (Å²) in [6.45, 7) is 4.21. The van der Waals surface area contributed by atoms with Gasteiger partial charge in [0.25, 0.3) is 0 Å². The van der Waals surface area contributed by atoms with Gasteiger partial charge in [-0.05, 0) is 19.8 Å². The molecule has 94 valence electrons. The van der Waals surface area contributed by atoms with E-state index in [0.717, 1.165) is 12.1 Å². The third kappa shape index (κ3) is 9.49. The quantitative estimate of drug-likeness (QED) is 0.219. The highest BCUT2D eigenvalue weighted by Gasteiger charge is 1.95. The van der Waals surface area contributed by atoms with E-state index in [-0.39, 0.29) is 5.96 Å². The van der Waals surface area contributed by atoms with Gasteiger partial charge in [-0.15, -0.1) is 5.10 Å². The number of hydrogen-bond donors (Lipinski definition) is 2. The molecule has 0 saturated heterocycles. The molecule has 0 atom stereocenters. The van der Waals surface area contributed by atoms with Crippen LogP contribution in [0.1, 0.15) is 65.2 Å². The number of nitrogens with two attached hydrogens (primary N) is 2. The average molecular weight is 226 g/mol. The Labute approximate surface area is 99.2 Å². The molecule has 4 heteroatoms. The Bertz CT molecular complexity index is 221. The van der Waals surface area contributed by atoms with Crippen molar-refractivity contribution in [3.8, 4) is 0 Å². The molecule has 4 nitrogen and oxygen atoms in total. The Kier molecular flexibility index (Phi) is 9.76. The maximum Gasteiger partial charge on any atom is 0.236 e. The minimum atomic E-state index is 0.167. The molecule has 0 radical (unpaired) electrons. The van der Waals surface area contributed by atoms with Gasteiger partial charge in [-0.1, -0.05) is 45.4 Å². The lowest BCUT2D eigenvalue weighted by Gasteiger charge is -2.01. The van der Waals surface area contributed by atoms with Gasteiger partial charge in [0.05, 0.1) is 0 Å². The lowest BCUT2D eigenvalue weighted by Crippen LogP contribution is -2.13. The van der Waals surface area contributed by atoms with E-state index in [4.69, 9.17) is 11.6 Å². The van der Waals surface area contributed by atoms with Crippen LogP contribution in [0.4, 0.5) is 0 Å². The first kappa shape index (κ1) is 14.9. The van der Waals surface area contributed by atoms with Crippen LogP contribution in [0.3, 0.4) is 0 Å². The zero-order valence-corrected chi connectivity index (χ0v) is 10.7. The molecule has 4 N–H and O–H groups in total. The molecule has 16 heavy (non-hydrogen) atoms. The average Bonchev–Trinajstić information content (AvgIpc) is 2.27. The number of rotatable bonds is 8. The summed E-state index contributed by atoms with van der Waals surface area (Å²) >= 11 is 0. The number of hydrogen-bond acceptors (Lipinski definition) is 2. The first-order chi connectivity index (χ1) is 7.70. The molecule has 0 saturated carbocycles. The fourth-order valence-electron chi connectivity index (χ4n) is 1.62. The van der Waals surface area contributed by atoms with Gasteiger partial charge in [-0.2, -0.15) is 0 Å². The minimum absolute atomic E-state index is 0.167. The van der Waals surface area contributed by atoms with E-state index in [9.17, 15) is 0 Å². The molecule has 0 amide bonds. The summed E-state index contributed by atoms with van der Waals surface area (Å²) in [5.74, 6) is 5.17. The Morgan fingerprint density at radius 3 is 2.12 bits per heavy atom. The largest absolute Gasteiger partial charge is 0.367 e. The summed E-state index contributed by atoms with van der Waals surface area (Å²) in [7, 11) is 0. The summed E-state index contributed by atoms with van der Waals surface area (Å²) < 4.78 is 0. The molecule has 0 unspecified atom stereocenters. The molecule has 0 bridgehead atoms. The van der Waals surface area contributed by atoms with E-state index < -0.39 is 0 Å². The number of nitrogens with zero attached hydrogens (tertiary/aromatic N) is 2. The molecule has 0 rings (SSSR count). The van der Waals surface area contributed by atoms with Crippen molar-refractivity contribution in [3.63, 3.8) is 0 Å². The fraction of sp³-hybridized carbons (Fsp3) is 0.833. The number of hydrazone groups is 1. The van der Waals surface area contributed by atoms with Gasteiger partial charge in [0.1, 0.15) is 0 Å². The SMILES string of the molecule is CCCCCCCCCC(C)=NC(N)=NN. The molecule has 0 aliphatic carbocycles. The molecule has 0 aromatic heterocycles. The molecule has 0 spiro atoms. The number of aliphatic imine (C=N–C) groups is 1. The van der Waals surface area contributed by atoms with Crippen molar-refractivity contribution in [2.45, 2.75) is 65.2 Å². The monoisotopic (exact) mass is 226 g/mol. The Morgan fingerprint density at radius 1 is 1.00 bits per heavy atom. The van der Waals surface area contributed by atoms with Crippen LogP contribution in [-0.4, -0.2) is 11.7 Å². The van der Waals surface area contributed by atoms with Crippen LogP contribution in [0.15, 0.2) is 10.1 Å². The van der Waals surface area contributed by atoms with Gasteiger partial charge in [-0.25, -0.2) is 4.99 Å².